The summed E-state index contributed by atoms with van der Waals surface area (Å²) >= 11 is 3.46. The molecule has 128 valence electrons. The first-order chi connectivity index (χ1) is 12.0. The number of benzene rings is 2. The molecule has 2 aromatic carbocycles. The van der Waals surface area contributed by atoms with E-state index in [9.17, 15) is 9.18 Å². The van der Waals surface area contributed by atoms with E-state index in [2.05, 4.69) is 36.8 Å². The molecule has 0 radical (unpaired) electrons. The van der Waals surface area contributed by atoms with Gasteiger partial charge in [0, 0.05) is 16.6 Å². The topological polar surface area (TPSA) is 72.7 Å². The molecule has 1 aromatic heterocycles. The minimum atomic E-state index is -0.471. The molecule has 3 rings (SSSR count). The monoisotopic (exact) mass is 403 g/mol. The summed E-state index contributed by atoms with van der Waals surface area (Å²) in [6.07, 6.45) is 0.923. The van der Waals surface area contributed by atoms with Gasteiger partial charge in [0.15, 0.2) is 5.82 Å². The van der Waals surface area contributed by atoms with Gasteiger partial charge in [-0.2, -0.15) is 4.68 Å². The highest BCUT2D eigenvalue weighted by atomic mass is 79.9. The Morgan fingerprint density at radius 2 is 2.08 bits per heavy atom. The second-order valence-electron chi connectivity index (χ2n) is 5.44. The minimum Gasteiger partial charge on any atom is -0.326 e. The Labute approximate surface area is 152 Å². The Bertz CT molecular complexity index is 912. The van der Waals surface area contributed by atoms with Crippen LogP contribution in [-0.4, -0.2) is 26.1 Å². The zero-order valence-corrected chi connectivity index (χ0v) is 15.0. The van der Waals surface area contributed by atoms with Crippen LogP contribution in [0.1, 0.15) is 17.8 Å². The zero-order valence-electron chi connectivity index (χ0n) is 13.4. The highest BCUT2D eigenvalue weighted by Crippen LogP contribution is 2.20. The molecule has 3 aromatic rings. The molecule has 8 heteroatoms. The minimum absolute atomic E-state index is 0.151. The van der Waals surface area contributed by atoms with Crippen LogP contribution in [0.3, 0.4) is 0 Å². The van der Waals surface area contributed by atoms with Crippen molar-refractivity contribution in [1.29, 1.82) is 0 Å². The van der Waals surface area contributed by atoms with Gasteiger partial charge in [0.1, 0.15) is 11.5 Å². The molecule has 0 spiro atoms. The van der Waals surface area contributed by atoms with E-state index in [0.29, 0.717) is 24.4 Å². The van der Waals surface area contributed by atoms with Crippen molar-refractivity contribution in [3.63, 3.8) is 0 Å². The first-order valence-corrected chi connectivity index (χ1v) is 8.42. The first-order valence-electron chi connectivity index (χ1n) is 7.63. The lowest BCUT2D eigenvalue weighted by Crippen LogP contribution is -2.13. The van der Waals surface area contributed by atoms with Crippen LogP contribution >= 0.6 is 15.9 Å². The van der Waals surface area contributed by atoms with Gasteiger partial charge >= 0.3 is 0 Å². The van der Waals surface area contributed by atoms with Crippen LogP contribution in [0, 0.1) is 12.7 Å². The Hall–Kier alpha value is -2.61. The fraction of sp³-hybridized carbons (Fsp3) is 0.176. The van der Waals surface area contributed by atoms with Gasteiger partial charge in [0.2, 0.25) is 5.91 Å². The number of aryl methyl sites for hydroxylation is 2. The molecule has 0 atom stereocenters. The smallest absolute Gasteiger partial charge is 0.224 e. The number of carbonyl (C=O) groups excluding carboxylic acids is 1. The van der Waals surface area contributed by atoms with Crippen molar-refractivity contribution in [3.05, 3.63) is 64.1 Å². The summed E-state index contributed by atoms with van der Waals surface area (Å²) in [4.78, 5) is 12.2. The van der Waals surface area contributed by atoms with Gasteiger partial charge in [-0.25, -0.2) is 4.39 Å². The molecule has 0 saturated heterocycles. The summed E-state index contributed by atoms with van der Waals surface area (Å²) in [5, 5.41) is 13.8. The number of rotatable bonds is 5. The quantitative estimate of drug-likeness (QED) is 0.707. The van der Waals surface area contributed by atoms with Gasteiger partial charge in [0.05, 0.1) is 0 Å². The molecule has 0 aliphatic carbocycles. The van der Waals surface area contributed by atoms with Crippen LogP contribution in [-0.2, 0) is 11.2 Å². The number of tetrazole rings is 1. The predicted molar refractivity (Wildman–Crippen MR) is 94.9 cm³/mol. The first kappa shape index (κ1) is 17.2. The number of nitrogens with zero attached hydrogens (tertiary/aromatic N) is 4. The van der Waals surface area contributed by atoms with Gasteiger partial charge in [-0.15, -0.1) is 5.10 Å². The third-order valence-electron chi connectivity index (χ3n) is 3.66. The Balaban J connectivity index is 1.70. The number of hydrogen-bond donors (Lipinski definition) is 1. The number of nitrogens with one attached hydrogen (secondary N) is 1. The maximum absolute atomic E-state index is 14.0. The molecule has 0 bridgehead atoms. The van der Waals surface area contributed by atoms with Crippen molar-refractivity contribution in [3.8, 4) is 5.69 Å². The number of hydrogen-bond acceptors (Lipinski definition) is 4. The van der Waals surface area contributed by atoms with Gasteiger partial charge in [-0.05, 0) is 53.6 Å². The van der Waals surface area contributed by atoms with Gasteiger partial charge in [-0.3, -0.25) is 4.79 Å². The lowest BCUT2D eigenvalue weighted by Gasteiger charge is -2.09. The van der Waals surface area contributed by atoms with E-state index in [1.165, 1.54) is 22.9 Å². The second kappa shape index (κ2) is 7.52. The highest BCUT2D eigenvalue weighted by Gasteiger charge is 2.12. The van der Waals surface area contributed by atoms with E-state index < -0.39 is 5.82 Å². The van der Waals surface area contributed by atoms with E-state index in [4.69, 9.17) is 0 Å². The van der Waals surface area contributed by atoms with Crippen LogP contribution in [0.5, 0.6) is 0 Å². The standard InChI is InChI=1S/C17H15BrFN5O/c1-11-21-22-23-24(11)16-10-13(7-8-15(16)19)20-17(25)9-6-12-4-2-3-5-14(12)18/h2-5,7-8,10H,6,9H2,1H3,(H,20,25). The van der Waals surface area contributed by atoms with E-state index in [1.54, 1.807) is 6.92 Å². The highest BCUT2D eigenvalue weighted by molar-refractivity contribution is 9.10. The molecule has 1 heterocycles. The van der Waals surface area contributed by atoms with Crippen molar-refractivity contribution >= 4 is 27.5 Å². The lowest BCUT2D eigenvalue weighted by atomic mass is 10.1. The van der Waals surface area contributed by atoms with Crippen LogP contribution in [0.4, 0.5) is 10.1 Å². The van der Waals surface area contributed by atoms with Crippen molar-refractivity contribution in [2.45, 2.75) is 19.8 Å². The zero-order chi connectivity index (χ0) is 17.8. The molecular formula is C17H15BrFN5O. The number of amides is 1. The third kappa shape index (κ3) is 4.08. The Kier molecular flexibility index (Phi) is 5.18. The van der Waals surface area contributed by atoms with Gasteiger partial charge in [0.25, 0.3) is 0 Å². The van der Waals surface area contributed by atoms with Crippen molar-refractivity contribution in [2.24, 2.45) is 0 Å². The number of halogens is 2. The van der Waals surface area contributed by atoms with Crippen LogP contribution in [0.2, 0.25) is 0 Å². The van der Waals surface area contributed by atoms with Crippen molar-refractivity contribution in [1.82, 2.24) is 20.2 Å². The number of carbonyl (C=O) groups is 1. The van der Waals surface area contributed by atoms with Gasteiger partial charge in [-0.1, -0.05) is 34.1 Å². The molecule has 1 N–H and O–H groups in total. The number of aromatic nitrogens is 4. The van der Waals surface area contributed by atoms with E-state index in [1.807, 2.05) is 24.3 Å². The molecule has 0 unspecified atom stereocenters. The summed E-state index contributed by atoms with van der Waals surface area (Å²) in [6, 6.07) is 12.1. The van der Waals surface area contributed by atoms with Crippen LogP contribution in [0.25, 0.3) is 5.69 Å². The lowest BCUT2D eigenvalue weighted by molar-refractivity contribution is -0.116. The number of anilines is 1. The van der Waals surface area contributed by atoms with Crippen molar-refractivity contribution < 1.29 is 9.18 Å². The summed E-state index contributed by atoms with van der Waals surface area (Å²) in [5.41, 5.74) is 1.73. The fourth-order valence-electron chi connectivity index (χ4n) is 2.38. The SMILES string of the molecule is Cc1nnnn1-c1cc(NC(=O)CCc2ccccc2Br)ccc1F. The van der Waals surface area contributed by atoms with Crippen LogP contribution in [0.15, 0.2) is 46.9 Å². The Morgan fingerprint density at radius 3 is 2.80 bits per heavy atom. The maximum Gasteiger partial charge on any atom is 0.224 e. The predicted octanol–water partition coefficient (Wildman–Crippen LogP) is 3.44. The molecule has 0 saturated carbocycles. The molecule has 25 heavy (non-hydrogen) atoms. The second-order valence-corrected chi connectivity index (χ2v) is 6.30. The molecule has 0 aliphatic rings. The molecular weight excluding hydrogens is 389 g/mol. The third-order valence-corrected chi connectivity index (χ3v) is 4.44. The summed E-state index contributed by atoms with van der Waals surface area (Å²) in [7, 11) is 0. The van der Waals surface area contributed by atoms with E-state index in [0.717, 1.165) is 10.0 Å². The van der Waals surface area contributed by atoms with Crippen LogP contribution < -0.4 is 5.32 Å². The molecule has 0 aliphatic heterocycles. The van der Waals surface area contributed by atoms with Crippen molar-refractivity contribution in [2.75, 3.05) is 5.32 Å². The average molecular weight is 404 g/mol. The normalized spacial score (nSPS) is 10.7. The van der Waals surface area contributed by atoms with E-state index in [-0.39, 0.29) is 11.6 Å². The molecule has 6 nitrogen and oxygen atoms in total. The maximum atomic E-state index is 14.0. The summed E-state index contributed by atoms with van der Waals surface area (Å²) in [5.74, 6) is -0.167. The van der Waals surface area contributed by atoms with Gasteiger partial charge < -0.3 is 5.32 Å². The average Bonchev–Trinajstić information content (AvgIpc) is 3.02. The summed E-state index contributed by atoms with van der Waals surface area (Å²) < 4.78 is 16.3. The van der Waals surface area contributed by atoms with E-state index >= 15 is 0 Å². The summed E-state index contributed by atoms with van der Waals surface area (Å²) in [6.45, 7) is 1.67. The molecule has 0 fully saturated rings. The Morgan fingerprint density at radius 1 is 1.28 bits per heavy atom. The fourth-order valence-corrected chi connectivity index (χ4v) is 2.86. The largest absolute Gasteiger partial charge is 0.326 e. The molecule has 1 amide bonds.